The van der Waals surface area contributed by atoms with E-state index in [4.69, 9.17) is 17.4 Å². The normalized spacial score (nSPS) is 10.1. The lowest BCUT2D eigenvalue weighted by Gasteiger charge is -2.03. The highest BCUT2D eigenvalue weighted by Gasteiger charge is 2.09. The van der Waals surface area contributed by atoms with Crippen molar-refractivity contribution in [2.45, 2.75) is 0 Å². The van der Waals surface area contributed by atoms with Crippen LogP contribution in [0.2, 0.25) is 5.02 Å². The quantitative estimate of drug-likeness (QED) is 0.433. The lowest BCUT2D eigenvalue weighted by Crippen LogP contribution is -2.34. The van der Waals surface area contributed by atoms with Gasteiger partial charge in [0.05, 0.1) is 0 Å². The van der Waals surface area contributed by atoms with Crippen LogP contribution in [0, 0.1) is 0 Å². The van der Waals surface area contributed by atoms with Gasteiger partial charge >= 0.3 is 0 Å². The zero-order valence-corrected chi connectivity index (χ0v) is 9.99. The number of rotatable bonds is 2. The molecule has 4 N–H and O–H groups in total. The molecule has 0 aliphatic rings. The molecule has 0 unspecified atom stereocenters. The van der Waals surface area contributed by atoms with Gasteiger partial charge in [0.15, 0.2) is 0 Å². The van der Waals surface area contributed by atoms with Crippen LogP contribution in [0.25, 0.3) is 11.3 Å². The van der Waals surface area contributed by atoms with E-state index in [-0.39, 0.29) is 5.56 Å². The van der Waals surface area contributed by atoms with Crippen molar-refractivity contribution in [1.29, 1.82) is 0 Å². The Kier molecular flexibility index (Phi) is 3.45. The van der Waals surface area contributed by atoms with Gasteiger partial charge in [0, 0.05) is 10.7 Å². The van der Waals surface area contributed by atoms with Gasteiger partial charge in [0.1, 0.15) is 5.56 Å². The smallest absolute Gasteiger partial charge is 0.270 e. The van der Waals surface area contributed by atoms with Crippen LogP contribution in [0.1, 0.15) is 10.4 Å². The minimum Gasteiger partial charge on any atom is -0.321 e. The van der Waals surface area contributed by atoms with E-state index in [1.54, 1.807) is 30.3 Å². The van der Waals surface area contributed by atoms with Crippen molar-refractivity contribution in [3.63, 3.8) is 0 Å². The predicted molar refractivity (Wildman–Crippen MR) is 69.2 cm³/mol. The fourth-order valence-corrected chi connectivity index (χ4v) is 1.65. The molecule has 1 aromatic carbocycles. The fourth-order valence-electron chi connectivity index (χ4n) is 1.53. The fraction of sp³-hybridized carbons (Fsp3) is 0. The van der Waals surface area contributed by atoms with E-state index in [1.165, 1.54) is 6.07 Å². The van der Waals surface area contributed by atoms with Gasteiger partial charge < -0.3 is 4.98 Å². The van der Waals surface area contributed by atoms with Gasteiger partial charge in [-0.2, -0.15) is 0 Å². The number of amides is 1. The largest absolute Gasteiger partial charge is 0.321 e. The molecule has 6 heteroatoms. The van der Waals surface area contributed by atoms with E-state index in [2.05, 4.69) is 4.98 Å². The van der Waals surface area contributed by atoms with E-state index in [0.717, 1.165) is 5.56 Å². The molecule has 2 aromatic rings. The Labute approximate surface area is 108 Å². The van der Waals surface area contributed by atoms with Crippen molar-refractivity contribution in [1.82, 2.24) is 10.4 Å². The number of nitrogens with two attached hydrogens (primary N) is 1. The Morgan fingerprint density at radius 3 is 2.39 bits per heavy atom. The van der Waals surface area contributed by atoms with Gasteiger partial charge in [-0.25, -0.2) is 5.84 Å². The number of pyridine rings is 1. The topological polar surface area (TPSA) is 88.0 Å². The number of nitrogens with one attached hydrogen (secondary N) is 2. The molecular weight excluding hydrogens is 254 g/mol. The van der Waals surface area contributed by atoms with Crippen molar-refractivity contribution in [2.24, 2.45) is 5.84 Å². The minimum absolute atomic E-state index is 0.0322. The molecule has 0 aliphatic carbocycles. The molecule has 0 spiro atoms. The van der Waals surface area contributed by atoms with Crippen LogP contribution in [0.5, 0.6) is 0 Å². The monoisotopic (exact) mass is 263 g/mol. The second kappa shape index (κ2) is 5.03. The summed E-state index contributed by atoms with van der Waals surface area (Å²) in [6.07, 6.45) is 0. The number of hydrogen-bond acceptors (Lipinski definition) is 3. The maximum absolute atomic E-state index is 11.7. The van der Waals surface area contributed by atoms with Gasteiger partial charge in [-0.3, -0.25) is 15.0 Å². The van der Waals surface area contributed by atoms with E-state index in [0.29, 0.717) is 10.7 Å². The molecule has 0 radical (unpaired) electrons. The lowest BCUT2D eigenvalue weighted by atomic mass is 10.1. The highest BCUT2D eigenvalue weighted by atomic mass is 35.5. The summed E-state index contributed by atoms with van der Waals surface area (Å²) in [7, 11) is 0. The van der Waals surface area contributed by atoms with E-state index in [1.807, 2.05) is 5.43 Å². The number of carbonyl (C=O) groups is 1. The summed E-state index contributed by atoms with van der Waals surface area (Å²) in [6, 6.07) is 10.0. The molecule has 0 bridgehead atoms. The molecule has 0 aliphatic heterocycles. The highest BCUT2D eigenvalue weighted by Crippen LogP contribution is 2.18. The van der Waals surface area contributed by atoms with Crippen LogP contribution in [-0.2, 0) is 0 Å². The molecule has 92 valence electrons. The number of aromatic amines is 1. The summed E-state index contributed by atoms with van der Waals surface area (Å²) in [5.74, 6) is 4.35. The third-order valence-electron chi connectivity index (χ3n) is 2.44. The number of carbonyl (C=O) groups excluding carboxylic acids is 1. The standard InChI is InChI=1S/C12H10ClN3O2/c13-8-3-1-7(2-4-8)10-6-5-9(11(17)15-10)12(18)16-14/h1-6H,14H2,(H,15,17)(H,16,18). The number of nitrogen functional groups attached to an aromatic ring is 1. The van der Waals surface area contributed by atoms with Gasteiger partial charge in [-0.1, -0.05) is 23.7 Å². The summed E-state index contributed by atoms with van der Waals surface area (Å²) >= 11 is 5.78. The molecule has 18 heavy (non-hydrogen) atoms. The van der Waals surface area contributed by atoms with Gasteiger partial charge in [-0.15, -0.1) is 0 Å². The minimum atomic E-state index is -0.626. The first-order chi connectivity index (χ1) is 8.61. The summed E-state index contributed by atoms with van der Waals surface area (Å²) in [5.41, 5.74) is 2.79. The summed E-state index contributed by atoms with van der Waals surface area (Å²) in [5, 5.41) is 0.611. The maximum atomic E-state index is 11.7. The summed E-state index contributed by atoms with van der Waals surface area (Å²) in [6.45, 7) is 0. The summed E-state index contributed by atoms with van der Waals surface area (Å²) < 4.78 is 0. The SMILES string of the molecule is NNC(=O)c1ccc(-c2ccc(Cl)cc2)[nH]c1=O. The zero-order chi connectivity index (χ0) is 13.1. The van der Waals surface area contributed by atoms with Crippen LogP contribution in [-0.4, -0.2) is 10.9 Å². The first-order valence-corrected chi connectivity index (χ1v) is 5.50. The molecule has 1 amide bonds. The Balaban J connectivity index is 2.43. The Morgan fingerprint density at radius 1 is 1.17 bits per heavy atom. The molecule has 0 saturated heterocycles. The molecule has 0 fully saturated rings. The third kappa shape index (κ3) is 2.42. The number of hydrazine groups is 1. The van der Waals surface area contributed by atoms with Crippen molar-refractivity contribution < 1.29 is 4.79 Å². The van der Waals surface area contributed by atoms with Crippen molar-refractivity contribution in [2.75, 3.05) is 0 Å². The Hall–Kier alpha value is -2.11. The Bertz CT molecular complexity index is 635. The second-order valence-corrected chi connectivity index (χ2v) is 4.03. The number of aromatic nitrogens is 1. The average molecular weight is 264 g/mol. The van der Waals surface area contributed by atoms with Gasteiger partial charge in [-0.05, 0) is 29.8 Å². The van der Waals surface area contributed by atoms with E-state index < -0.39 is 11.5 Å². The van der Waals surface area contributed by atoms with Crippen LogP contribution in [0.3, 0.4) is 0 Å². The van der Waals surface area contributed by atoms with Crippen molar-refractivity contribution in [3.8, 4) is 11.3 Å². The molecule has 5 nitrogen and oxygen atoms in total. The first kappa shape index (κ1) is 12.3. The average Bonchev–Trinajstić information content (AvgIpc) is 2.38. The number of H-pyrrole nitrogens is 1. The van der Waals surface area contributed by atoms with E-state index in [9.17, 15) is 9.59 Å². The first-order valence-electron chi connectivity index (χ1n) is 5.12. The van der Waals surface area contributed by atoms with Crippen LogP contribution in [0.15, 0.2) is 41.2 Å². The number of benzene rings is 1. The highest BCUT2D eigenvalue weighted by molar-refractivity contribution is 6.30. The molecule has 0 atom stereocenters. The second-order valence-electron chi connectivity index (χ2n) is 3.60. The van der Waals surface area contributed by atoms with Gasteiger partial charge in [0.25, 0.3) is 11.5 Å². The maximum Gasteiger partial charge on any atom is 0.270 e. The Morgan fingerprint density at radius 2 is 1.83 bits per heavy atom. The predicted octanol–water partition coefficient (Wildman–Crippen LogP) is 1.30. The third-order valence-corrected chi connectivity index (χ3v) is 2.69. The van der Waals surface area contributed by atoms with Crippen LogP contribution in [0.4, 0.5) is 0 Å². The van der Waals surface area contributed by atoms with E-state index >= 15 is 0 Å². The molecule has 2 rings (SSSR count). The molecule has 1 aromatic heterocycles. The summed E-state index contributed by atoms with van der Waals surface area (Å²) in [4.78, 5) is 25.5. The molecule has 1 heterocycles. The number of hydrogen-bond donors (Lipinski definition) is 3. The zero-order valence-electron chi connectivity index (χ0n) is 9.24. The van der Waals surface area contributed by atoms with Gasteiger partial charge in [0.2, 0.25) is 0 Å². The van der Waals surface area contributed by atoms with Crippen molar-refractivity contribution in [3.05, 3.63) is 57.3 Å². The van der Waals surface area contributed by atoms with Crippen molar-refractivity contribution >= 4 is 17.5 Å². The van der Waals surface area contributed by atoms with Crippen LogP contribution >= 0.6 is 11.6 Å². The lowest BCUT2D eigenvalue weighted by molar-refractivity contribution is 0.0952. The number of halogens is 1. The van der Waals surface area contributed by atoms with Crippen LogP contribution < -0.4 is 16.8 Å². The molecule has 0 saturated carbocycles. The molecular formula is C12H10ClN3O2.